The van der Waals surface area contributed by atoms with E-state index in [2.05, 4.69) is 34.1 Å². The van der Waals surface area contributed by atoms with E-state index in [1.54, 1.807) is 18.7 Å². The molecule has 3 N–H and O–H groups in total. The van der Waals surface area contributed by atoms with Gasteiger partial charge in [0.15, 0.2) is 5.96 Å². The summed E-state index contributed by atoms with van der Waals surface area (Å²) in [5.41, 5.74) is 6.86. The maximum absolute atomic E-state index is 5.81. The van der Waals surface area contributed by atoms with Crippen molar-refractivity contribution in [1.82, 2.24) is 19.9 Å². The molecule has 0 unspecified atom stereocenters. The molecule has 0 aromatic carbocycles. The van der Waals surface area contributed by atoms with Gasteiger partial charge in [-0.15, -0.1) is 0 Å². The van der Waals surface area contributed by atoms with Crippen LogP contribution in [0.15, 0.2) is 42.0 Å². The summed E-state index contributed by atoms with van der Waals surface area (Å²) in [5.74, 6) is 1.83. The van der Waals surface area contributed by atoms with E-state index in [0.717, 1.165) is 17.9 Å². The van der Waals surface area contributed by atoms with Gasteiger partial charge in [0.05, 0.1) is 6.54 Å². The van der Waals surface area contributed by atoms with Crippen LogP contribution in [0.2, 0.25) is 0 Å². The largest absolute Gasteiger partial charge is 0.370 e. The number of pyridine rings is 1. The first-order valence-electron chi connectivity index (χ1n) is 6.62. The maximum atomic E-state index is 5.81. The van der Waals surface area contributed by atoms with E-state index in [1.165, 1.54) is 0 Å². The number of nitrogens with two attached hydrogens (primary N) is 1. The number of guanidine groups is 1. The normalized spacial score (nSPS) is 11.8. The first kappa shape index (κ1) is 14.0. The van der Waals surface area contributed by atoms with Crippen molar-refractivity contribution >= 4 is 5.96 Å². The summed E-state index contributed by atoms with van der Waals surface area (Å²) in [4.78, 5) is 12.6. The number of hydrogen-bond acceptors (Lipinski definition) is 3. The van der Waals surface area contributed by atoms with Crippen LogP contribution in [0.1, 0.15) is 19.4 Å². The van der Waals surface area contributed by atoms with Crippen LogP contribution in [0.25, 0.3) is 5.82 Å². The lowest BCUT2D eigenvalue weighted by Crippen LogP contribution is -2.34. The van der Waals surface area contributed by atoms with E-state index in [4.69, 9.17) is 5.73 Å². The van der Waals surface area contributed by atoms with E-state index in [0.29, 0.717) is 18.4 Å². The summed E-state index contributed by atoms with van der Waals surface area (Å²) in [6.45, 7) is 5.61. The van der Waals surface area contributed by atoms with Gasteiger partial charge in [-0.1, -0.05) is 13.8 Å². The van der Waals surface area contributed by atoms with Crippen molar-refractivity contribution in [2.24, 2.45) is 16.6 Å². The first-order chi connectivity index (χ1) is 9.65. The van der Waals surface area contributed by atoms with Crippen LogP contribution in [0, 0.1) is 5.92 Å². The third-order valence-corrected chi connectivity index (χ3v) is 2.70. The number of aromatic nitrogens is 3. The minimum absolute atomic E-state index is 0.472. The smallest absolute Gasteiger partial charge is 0.188 e. The van der Waals surface area contributed by atoms with Crippen LogP contribution in [-0.2, 0) is 6.54 Å². The van der Waals surface area contributed by atoms with E-state index >= 15 is 0 Å². The molecule has 0 aliphatic heterocycles. The van der Waals surface area contributed by atoms with Gasteiger partial charge in [-0.25, -0.2) is 15.0 Å². The van der Waals surface area contributed by atoms with Crippen LogP contribution in [0.5, 0.6) is 0 Å². The molecule has 106 valence electrons. The highest BCUT2D eigenvalue weighted by atomic mass is 15.1. The Labute approximate surface area is 118 Å². The summed E-state index contributed by atoms with van der Waals surface area (Å²) < 4.78 is 1.85. The predicted molar refractivity (Wildman–Crippen MR) is 79.5 cm³/mol. The average Bonchev–Trinajstić information content (AvgIpc) is 2.97. The van der Waals surface area contributed by atoms with Crippen molar-refractivity contribution in [2.45, 2.75) is 20.4 Å². The minimum Gasteiger partial charge on any atom is -0.370 e. The van der Waals surface area contributed by atoms with Crippen molar-refractivity contribution in [1.29, 1.82) is 0 Å². The van der Waals surface area contributed by atoms with Crippen LogP contribution in [-0.4, -0.2) is 27.0 Å². The molecule has 0 fully saturated rings. The molecule has 2 aromatic heterocycles. The van der Waals surface area contributed by atoms with Crippen LogP contribution >= 0.6 is 0 Å². The Morgan fingerprint density at radius 3 is 3.00 bits per heavy atom. The highest BCUT2D eigenvalue weighted by Crippen LogP contribution is 2.07. The molecule has 2 heterocycles. The zero-order chi connectivity index (χ0) is 14.4. The van der Waals surface area contributed by atoms with Gasteiger partial charge in [0.25, 0.3) is 0 Å². The molecule has 2 rings (SSSR count). The Morgan fingerprint density at radius 1 is 1.45 bits per heavy atom. The Bertz CT molecular complexity index is 559. The Morgan fingerprint density at radius 2 is 2.30 bits per heavy atom. The summed E-state index contributed by atoms with van der Waals surface area (Å²) in [5, 5.41) is 3.09. The molecule has 0 amide bonds. The lowest BCUT2D eigenvalue weighted by molar-refractivity contribution is 0.622. The number of imidazole rings is 1. The van der Waals surface area contributed by atoms with Crippen LogP contribution in [0.3, 0.4) is 0 Å². The lowest BCUT2D eigenvalue weighted by Gasteiger charge is -2.08. The zero-order valence-corrected chi connectivity index (χ0v) is 11.8. The molecule has 0 saturated carbocycles. The van der Waals surface area contributed by atoms with Crippen molar-refractivity contribution in [2.75, 3.05) is 6.54 Å². The Balaban J connectivity index is 2.00. The Hall–Kier alpha value is -2.37. The highest BCUT2D eigenvalue weighted by Gasteiger charge is 2.00. The summed E-state index contributed by atoms with van der Waals surface area (Å²) in [6.07, 6.45) is 7.06. The van der Waals surface area contributed by atoms with E-state index in [9.17, 15) is 0 Å². The molecule has 20 heavy (non-hydrogen) atoms. The number of nitrogens with one attached hydrogen (secondary N) is 1. The molecule has 0 atom stereocenters. The standard InChI is InChI=1S/C14H20N6/c1-11(2)8-18-14(15)19-9-12-3-4-17-13(7-12)20-6-5-16-10-20/h3-7,10-11H,8-9H2,1-2H3,(H3,15,18,19). The van der Waals surface area contributed by atoms with Gasteiger partial charge in [-0.3, -0.25) is 4.57 Å². The highest BCUT2D eigenvalue weighted by molar-refractivity contribution is 5.77. The number of rotatable bonds is 5. The van der Waals surface area contributed by atoms with Gasteiger partial charge in [-0.2, -0.15) is 0 Å². The summed E-state index contributed by atoms with van der Waals surface area (Å²) in [6, 6.07) is 3.90. The molecular formula is C14H20N6. The lowest BCUT2D eigenvalue weighted by atomic mass is 10.2. The fourth-order valence-corrected chi connectivity index (χ4v) is 1.64. The van der Waals surface area contributed by atoms with Gasteiger partial charge in [-0.05, 0) is 23.6 Å². The van der Waals surface area contributed by atoms with Crippen LogP contribution < -0.4 is 11.1 Å². The molecule has 6 nitrogen and oxygen atoms in total. The van der Waals surface area contributed by atoms with E-state index < -0.39 is 0 Å². The third kappa shape index (κ3) is 4.08. The monoisotopic (exact) mass is 272 g/mol. The van der Waals surface area contributed by atoms with E-state index in [1.807, 2.05) is 22.9 Å². The quantitative estimate of drug-likeness (QED) is 0.635. The first-order valence-corrected chi connectivity index (χ1v) is 6.62. The number of hydrogen-bond donors (Lipinski definition) is 2. The van der Waals surface area contributed by atoms with Gasteiger partial charge >= 0.3 is 0 Å². The fraction of sp³-hybridized carbons (Fsp3) is 0.357. The van der Waals surface area contributed by atoms with Gasteiger partial charge in [0, 0.05) is 25.1 Å². The predicted octanol–water partition coefficient (Wildman–Crippen LogP) is 1.33. The molecule has 0 radical (unpaired) electrons. The van der Waals surface area contributed by atoms with E-state index in [-0.39, 0.29) is 0 Å². The number of nitrogens with zero attached hydrogens (tertiary/aromatic N) is 4. The van der Waals surface area contributed by atoms with Gasteiger partial charge in [0.1, 0.15) is 12.1 Å². The second kappa shape index (κ2) is 6.70. The summed E-state index contributed by atoms with van der Waals surface area (Å²) >= 11 is 0. The number of aliphatic imine (C=N–C) groups is 1. The zero-order valence-electron chi connectivity index (χ0n) is 11.8. The van der Waals surface area contributed by atoms with Gasteiger partial charge < -0.3 is 11.1 Å². The maximum Gasteiger partial charge on any atom is 0.188 e. The molecule has 2 aromatic rings. The van der Waals surface area contributed by atoms with Crippen molar-refractivity contribution in [3.63, 3.8) is 0 Å². The SMILES string of the molecule is CC(C)CNC(N)=NCc1ccnc(-n2ccnc2)c1. The van der Waals surface area contributed by atoms with Crippen molar-refractivity contribution < 1.29 is 0 Å². The third-order valence-electron chi connectivity index (χ3n) is 2.70. The summed E-state index contributed by atoms with van der Waals surface area (Å²) in [7, 11) is 0. The second-order valence-electron chi connectivity index (χ2n) is 4.97. The fourth-order valence-electron chi connectivity index (χ4n) is 1.64. The van der Waals surface area contributed by atoms with Crippen molar-refractivity contribution in [3.8, 4) is 5.82 Å². The molecule has 0 aliphatic rings. The topological polar surface area (TPSA) is 81.1 Å². The van der Waals surface area contributed by atoms with Crippen molar-refractivity contribution in [3.05, 3.63) is 42.6 Å². The second-order valence-corrected chi connectivity index (χ2v) is 4.97. The Kier molecular flexibility index (Phi) is 4.70. The average molecular weight is 272 g/mol. The molecule has 0 bridgehead atoms. The minimum atomic E-state index is 0.472. The molecule has 0 saturated heterocycles. The molecule has 0 aliphatic carbocycles. The van der Waals surface area contributed by atoms with Crippen LogP contribution in [0.4, 0.5) is 0 Å². The van der Waals surface area contributed by atoms with Gasteiger partial charge in [0.2, 0.25) is 0 Å². The molecular weight excluding hydrogens is 252 g/mol. The molecule has 6 heteroatoms. The molecule has 0 spiro atoms.